The molecule has 3 rings (SSSR count). The third-order valence-electron chi connectivity index (χ3n) is 3.83. The van der Waals surface area contributed by atoms with Crippen LogP contribution in [-0.2, 0) is 9.53 Å². The first kappa shape index (κ1) is 17.5. The number of aliphatic carboxylic acids is 1. The van der Waals surface area contributed by atoms with Gasteiger partial charge in [-0.15, -0.1) is 0 Å². The third kappa shape index (κ3) is 3.54. The van der Waals surface area contributed by atoms with Crippen molar-refractivity contribution in [2.75, 3.05) is 7.11 Å². The molecule has 0 amide bonds. The number of hydrogen-bond donors (Lipinski definition) is 1. The number of carbonyl (C=O) groups excluding carboxylic acids is 1. The Bertz CT molecular complexity index is 911. The quantitative estimate of drug-likeness (QED) is 0.665. The van der Waals surface area contributed by atoms with Crippen molar-refractivity contribution >= 4 is 18.0 Å². The van der Waals surface area contributed by atoms with Gasteiger partial charge in [0.1, 0.15) is 17.1 Å². The molecule has 6 nitrogen and oxygen atoms in total. The molecule has 0 aliphatic carbocycles. The second kappa shape index (κ2) is 6.55. The highest BCUT2D eigenvalue weighted by Crippen LogP contribution is 2.41. The normalized spacial score (nSPS) is 15.1. The molecule has 0 saturated heterocycles. The number of rotatable bonds is 4. The Labute approximate surface area is 150 Å². The lowest BCUT2D eigenvalue weighted by Crippen LogP contribution is -2.39. The molecule has 0 radical (unpaired) electrons. The van der Waals surface area contributed by atoms with Crippen LogP contribution in [0, 0.1) is 0 Å². The van der Waals surface area contributed by atoms with Crippen LogP contribution in [0.4, 0.5) is 0 Å². The number of carboxylic acids is 1. The van der Waals surface area contributed by atoms with Crippen molar-refractivity contribution in [2.45, 2.75) is 19.6 Å². The van der Waals surface area contributed by atoms with E-state index in [0.717, 1.165) is 6.08 Å². The van der Waals surface area contributed by atoms with Crippen LogP contribution in [-0.4, -0.2) is 29.9 Å². The van der Waals surface area contributed by atoms with Crippen LogP contribution < -0.4 is 9.47 Å². The Kier molecular flexibility index (Phi) is 4.42. The molecule has 0 bridgehead atoms. The average Bonchev–Trinajstić information content (AvgIpc) is 2.58. The van der Waals surface area contributed by atoms with Gasteiger partial charge in [-0.25, -0.2) is 9.59 Å². The van der Waals surface area contributed by atoms with Gasteiger partial charge in [0.05, 0.1) is 7.11 Å². The molecule has 6 heteroatoms. The summed E-state index contributed by atoms with van der Waals surface area (Å²) in [6, 6.07) is 10.5. The topological polar surface area (TPSA) is 82.1 Å². The lowest BCUT2D eigenvalue weighted by atomic mass is 9.96. The van der Waals surface area contributed by atoms with Gasteiger partial charge in [0, 0.05) is 31.6 Å². The number of benzene rings is 2. The van der Waals surface area contributed by atoms with Crippen LogP contribution in [0.1, 0.15) is 29.8 Å². The van der Waals surface area contributed by atoms with Gasteiger partial charge in [-0.1, -0.05) is 18.2 Å². The molecule has 0 atom stereocenters. The van der Waals surface area contributed by atoms with Gasteiger partial charge in [-0.2, -0.15) is 0 Å². The fourth-order valence-corrected chi connectivity index (χ4v) is 2.76. The number of hydrogen-bond acceptors (Lipinski definition) is 5. The second-order valence-electron chi connectivity index (χ2n) is 6.24. The first-order valence-corrected chi connectivity index (χ1v) is 7.95. The SMILES string of the molecule is COc1cc2c(c(-c3cccc(C=CC(=O)O)c3)c1)C(=O)OC(C)(C)O2. The van der Waals surface area contributed by atoms with E-state index in [1.54, 1.807) is 44.2 Å². The summed E-state index contributed by atoms with van der Waals surface area (Å²) in [5.74, 6) is -1.67. The van der Waals surface area contributed by atoms with E-state index in [0.29, 0.717) is 33.8 Å². The van der Waals surface area contributed by atoms with Gasteiger partial charge >= 0.3 is 11.9 Å². The first-order valence-electron chi connectivity index (χ1n) is 7.95. The maximum atomic E-state index is 12.6. The maximum absolute atomic E-state index is 12.6. The number of fused-ring (bicyclic) bond motifs is 1. The molecule has 0 aromatic heterocycles. The molecule has 0 saturated carbocycles. The Morgan fingerprint density at radius 1 is 1.19 bits per heavy atom. The molecule has 1 aliphatic heterocycles. The van der Waals surface area contributed by atoms with Crippen molar-refractivity contribution in [3.8, 4) is 22.6 Å². The Balaban J connectivity index is 2.15. The van der Waals surface area contributed by atoms with E-state index in [1.165, 1.54) is 13.2 Å². The molecular weight excluding hydrogens is 336 g/mol. The Hall–Kier alpha value is -3.28. The predicted octanol–water partition coefficient (Wildman–Crippen LogP) is 3.75. The predicted molar refractivity (Wildman–Crippen MR) is 95.2 cm³/mol. The highest BCUT2D eigenvalue weighted by molar-refractivity contribution is 6.01. The molecule has 0 spiro atoms. The van der Waals surface area contributed by atoms with Crippen molar-refractivity contribution in [1.82, 2.24) is 0 Å². The van der Waals surface area contributed by atoms with E-state index in [4.69, 9.17) is 19.3 Å². The van der Waals surface area contributed by atoms with E-state index < -0.39 is 17.7 Å². The number of esters is 1. The lowest BCUT2D eigenvalue weighted by Gasteiger charge is -2.32. The number of cyclic esters (lactones) is 1. The van der Waals surface area contributed by atoms with Crippen LogP contribution in [0.5, 0.6) is 11.5 Å². The van der Waals surface area contributed by atoms with Crippen LogP contribution >= 0.6 is 0 Å². The number of methoxy groups -OCH3 is 1. The minimum absolute atomic E-state index is 0.310. The molecule has 134 valence electrons. The summed E-state index contributed by atoms with van der Waals surface area (Å²) in [7, 11) is 1.53. The van der Waals surface area contributed by atoms with E-state index in [9.17, 15) is 9.59 Å². The minimum atomic E-state index is -1.07. The molecular formula is C20H18O6. The van der Waals surface area contributed by atoms with Gasteiger partial charge in [0.15, 0.2) is 0 Å². The molecule has 1 aliphatic rings. The molecule has 0 fully saturated rings. The summed E-state index contributed by atoms with van der Waals surface area (Å²) in [5, 5.41) is 8.79. The van der Waals surface area contributed by atoms with E-state index in [-0.39, 0.29) is 0 Å². The fourth-order valence-electron chi connectivity index (χ4n) is 2.76. The second-order valence-corrected chi connectivity index (χ2v) is 6.24. The Morgan fingerprint density at radius 3 is 2.65 bits per heavy atom. The third-order valence-corrected chi connectivity index (χ3v) is 3.83. The van der Waals surface area contributed by atoms with Crippen LogP contribution in [0.15, 0.2) is 42.5 Å². The molecule has 0 unspecified atom stereocenters. The minimum Gasteiger partial charge on any atom is -0.497 e. The summed E-state index contributed by atoms with van der Waals surface area (Å²) in [6.45, 7) is 3.31. The van der Waals surface area contributed by atoms with Crippen LogP contribution in [0.3, 0.4) is 0 Å². The fraction of sp³-hybridized carbons (Fsp3) is 0.200. The number of carboxylic acid groups (broad SMARTS) is 1. The summed E-state index contributed by atoms with van der Waals surface area (Å²) in [4.78, 5) is 23.3. The highest BCUT2D eigenvalue weighted by atomic mass is 16.7. The van der Waals surface area contributed by atoms with Crippen molar-refractivity contribution in [1.29, 1.82) is 0 Å². The van der Waals surface area contributed by atoms with Crippen LogP contribution in [0.25, 0.3) is 17.2 Å². The molecule has 2 aromatic rings. The molecule has 1 N–H and O–H groups in total. The zero-order valence-corrected chi connectivity index (χ0v) is 14.6. The van der Waals surface area contributed by atoms with Gasteiger partial charge in [-0.3, -0.25) is 0 Å². The van der Waals surface area contributed by atoms with Gasteiger partial charge < -0.3 is 19.3 Å². The summed E-state index contributed by atoms with van der Waals surface area (Å²) in [5.41, 5.74) is 2.30. The zero-order chi connectivity index (χ0) is 18.9. The van der Waals surface area contributed by atoms with Gasteiger partial charge in [-0.05, 0) is 29.3 Å². The van der Waals surface area contributed by atoms with Crippen molar-refractivity contribution in [2.24, 2.45) is 0 Å². The van der Waals surface area contributed by atoms with Crippen molar-refractivity contribution in [3.63, 3.8) is 0 Å². The Morgan fingerprint density at radius 2 is 1.96 bits per heavy atom. The molecule has 2 aromatic carbocycles. The number of ether oxygens (including phenoxy) is 3. The van der Waals surface area contributed by atoms with E-state index in [2.05, 4.69) is 0 Å². The highest BCUT2D eigenvalue weighted by Gasteiger charge is 2.36. The standard InChI is InChI=1S/C20H18O6/c1-20(2)25-16-11-14(24-3)10-15(18(16)19(23)26-20)13-6-4-5-12(9-13)7-8-17(21)22/h4-11H,1-3H3,(H,21,22). The monoisotopic (exact) mass is 354 g/mol. The summed E-state index contributed by atoms with van der Waals surface area (Å²) < 4.78 is 16.5. The molecule has 1 heterocycles. The smallest absolute Gasteiger partial charge is 0.345 e. The van der Waals surface area contributed by atoms with Gasteiger partial charge in [0.2, 0.25) is 5.79 Å². The zero-order valence-electron chi connectivity index (χ0n) is 14.6. The van der Waals surface area contributed by atoms with Crippen molar-refractivity contribution < 1.29 is 28.9 Å². The lowest BCUT2D eigenvalue weighted by molar-refractivity contribution is -0.131. The van der Waals surface area contributed by atoms with Gasteiger partial charge in [0.25, 0.3) is 0 Å². The summed E-state index contributed by atoms with van der Waals surface area (Å²) in [6.07, 6.45) is 2.54. The summed E-state index contributed by atoms with van der Waals surface area (Å²) >= 11 is 0. The van der Waals surface area contributed by atoms with E-state index in [1.807, 2.05) is 6.07 Å². The average molecular weight is 354 g/mol. The largest absolute Gasteiger partial charge is 0.497 e. The van der Waals surface area contributed by atoms with Crippen LogP contribution in [0.2, 0.25) is 0 Å². The number of carbonyl (C=O) groups is 2. The van der Waals surface area contributed by atoms with Crippen molar-refractivity contribution in [3.05, 3.63) is 53.6 Å². The maximum Gasteiger partial charge on any atom is 0.345 e. The van der Waals surface area contributed by atoms with E-state index >= 15 is 0 Å². The molecule has 26 heavy (non-hydrogen) atoms. The first-order chi connectivity index (χ1) is 12.3.